The van der Waals surface area contributed by atoms with Crippen LogP contribution >= 0.6 is 0 Å². The number of anilines is 2. The Kier molecular flexibility index (Phi) is 4.18. The van der Waals surface area contributed by atoms with Gasteiger partial charge in [-0.25, -0.2) is 0 Å². The van der Waals surface area contributed by atoms with E-state index in [0.29, 0.717) is 36.6 Å². The fourth-order valence-corrected chi connectivity index (χ4v) is 2.20. The summed E-state index contributed by atoms with van der Waals surface area (Å²) in [5.41, 5.74) is 12.9. The van der Waals surface area contributed by atoms with Crippen molar-refractivity contribution in [2.45, 2.75) is 6.42 Å². The zero-order valence-electron chi connectivity index (χ0n) is 10.7. The molecule has 1 fully saturated rings. The molecule has 1 aromatic rings. The fraction of sp³-hybridized carbons (Fsp3) is 0.500. The quantitative estimate of drug-likeness (QED) is 0.470. The van der Waals surface area contributed by atoms with E-state index >= 15 is 0 Å². The summed E-state index contributed by atoms with van der Waals surface area (Å²) in [5.74, 6) is 0. The summed E-state index contributed by atoms with van der Waals surface area (Å²) in [4.78, 5) is 12.8. The molecule has 0 saturated carbocycles. The van der Waals surface area contributed by atoms with Gasteiger partial charge in [0.05, 0.1) is 35.1 Å². The predicted molar refractivity (Wildman–Crippen MR) is 72.9 cm³/mol. The normalized spacial score (nSPS) is 16.4. The average molecular weight is 266 g/mol. The fourth-order valence-electron chi connectivity index (χ4n) is 2.20. The zero-order chi connectivity index (χ0) is 13.8. The SMILES string of the molecule is Nc1ccc([N+](=O)[O-])c(CCN2CCOCC2)c1N. The third-order valence-electron chi connectivity index (χ3n) is 3.34. The van der Waals surface area contributed by atoms with Gasteiger partial charge in [0.15, 0.2) is 0 Å². The highest BCUT2D eigenvalue weighted by Gasteiger charge is 2.19. The predicted octanol–water partition coefficient (Wildman–Crippen LogP) is 0.634. The lowest BCUT2D eigenvalue weighted by atomic mass is 10.1. The number of benzene rings is 1. The van der Waals surface area contributed by atoms with E-state index in [0.717, 1.165) is 19.6 Å². The minimum Gasteiger partial charge on any atom is -0.397 e. The lowest BCUT2D eigenvalue weighted by Crippen LogP contribution is -2.37. The molecular weight excluding hydrogens is 248 g/mol. The van der Waals surface area contributed by atoms with Crippen LogP contribution in [-0.2, 0) is 11.2 Å². The number of nitrogen functional groups attached to an aromatic ring is 2. The van der Waals surface area contributed by atoms with Crippen LogP contribution in [0, 0.1) is 10.1 Å². The monoisotopic (exact) mass is 266 g/mol. The molecule has 19 heavy (non-hydrogen) atoms. The van der Waals surface area contributed by atoms with Crippen LogP contribution < -0.4 is 11.5 Å². The molecule has 1 aliphatic heterocycles. The largest absolute Gasteiger partial charge is 0.397 e. The number of hydrogen-bond acceptors (Lipinski definition) is 6. The molecule has 0 aliphatic carbocycles. The maximum Gasteiger partial charge on any atom is 0.274 e. The van der Waals surface area contributed by atoms with Crippen LogP contribution in [0.2, 0.25) is 0 Å². The van der Waals surface area contributed by atoms with Crippen LogP contribution in [0.15, 0.2) is 12.1 Å². The molecule has 1 aromatic carbocycles. The van der Waals surface area contributed by atoms with Crippen molar-refractivity contribution in [1.82, 2.24) is 4.90 Å². The molecule has 1 saturated heterocycles. The second kappa shape index (κ2) is 5.85. The van der Waals surface area contributed by atoms with Crippen molar-refractivity contribution in [3.8, 4) is 0 Å². The van der Waals surface area contributed by atoms with E-state index in [9.17, 15) is 10.1 Å². The molecule has 2 rings (SSSR count). The van der Waals surface area contributed by atoms with Crippen LogP contribution in [0.4, 0.5) is 17.1 Å². The number of ether oxygens (including phenoxy) is 1. The Morgan fingerprint density at radius 2 is 2.00 bits per heavy atom. The second-order valence-corrected chi connectivity index (χ2v) is 4.53. The second-order valence-electron chi connectivity index (χ2n) is 4.53. The third-order valence-corrected chi connectivity index (χ3v) is 3.34. The van der Waals surface area contributed by atoms with Gasteiger partial charge in [-0.2, -0.15) is 0 Å². The molecule has 7 nitrogen and oxygen atoms in total. The first-order valence-corrected chi connectivity index (χ1v) is 6.21. The summed E-state index contributed by atoms with van der Waals surface area (Å²) in [7, 11) is 0. The number of morpholine rings is 1. The highest BCUT2D eigenvalue weighted by atomic mass is 16.6. The van der Waals surface area contributed by atoms with Crippen molar-refractivity contribution in [3.63, 3.8) is 0 Å². The van der Waals surface area contributed by atoms with E-state index in [2.05, 4.69) is 4.90 Å². The van der Waals surface area contributed by atoms with Crippen molar-refractivity contribution in [2.75, 3.05) is 44.3 Å². The van der Waals surface area contributed by atoms with Crippen molar-refractivity contribution in [1.29, 1.82) is 0 Å². The van der Waals surface area contributed by atoms with Gasteiger partial charge in [0.25, 0.3) is 5.69 Å². The number of nitro groups is 1. The van der Waals surface area contributed by atoms with Gasteiger partial charge in [-0.3, -0.25) is 15.0 Å². The first-order chi connectivity index (χ1) is 9.09. The summed E-state index contributed by atoms with van der Waals surface area (Å²) >= 11 is 0. The van der Waals surface area contributed by atoms with Crippen molar-refractivity contribution < 1.29 is 9.66 Å². The van der Waals surface area contributed by atoms with Crippen LogP contribution in [0.3, 0.4) is 0 Å². The maximum atomic E-state index is 11.0. The van der Waals surface area contributed by atoms with Crippen LogP contribution in [0.1, 0.15) is 5.56 Å². The Bertz CT molecular complexity index is 472. The van der Waals surface area contributed by atoms with Crippen molar-refractivity contribution in [3.05, 3.63) is 27.8 Å². The number of nitro benzene ring substituents is 1. The molecule has 0 aromatic heterocycles. The molecule has 0 spiro atoms. The Morgan fingerprint density at radius 3 is 2.63 bits per heavy atom. The number of hydrogen-bond donors (Lipinski definition) is 2. The Hall–Kier alpha value is -1.86. The van der Waals surface area contributed by atoms with E-state index in [1.54, 1.807) is 0 Å². The molecule has 0 amide bonds. The van der Waals surface area contributed by atoms with E-state index < -0.39 is 4.92 Å². The molecule has 0 atom stereocenters. The summed E-state index contributed by atoms with van der Waals surface area (Å²) < 4.78 is 5.26. The first kappa shape index (κ1) is 13.6. The van der Waals surface area contributed by atoms with E-state index in [-0.39, 0.29) is 5.69 Å². The Balaban J connectivity index is 2.13. The first-order valence-electron chi connectivity index (χ1n) is 6.21. The van der Waals surface area contributed by atoms with E-state index in [1.807, 2.05) is 0 Å². The molecular formula is C12H18N4O3. The zero-order valence-corrected chi connectivity index (χ0v) is 10.7. The highest BCUT2D eigenvalue weighted by molar-refractivity contribution is 5.72. The average Bonchev–Trinajstić information content (AvgIpc) is 2.41. The van der Waals surface area contributed by atoms with Gasteiger partial charge in [0.1, 0.15) is 0 Å². The number of nitrogens with two attached hydrogens (primary N) is 2. The van der Waals surface area contributed by atoms with Crippen LogP contribution in [0.25, 0.3) is 0 Å². The molecule has 1 aliphatic rings. The summed E-state index contributed by atoms with van der Waals surface area (Å²) in [6.45, 7) is 3.81. The van der Waals surface area contributed by atoms with Crippen molar-refractivity contribution in [2.24, 2.45) is 0 Å². The third kappa shape index (κ3) is 3.12. The molecule has 4 N–H and O–H groups in total. The van der Waals surface area contributed by atoms with Gasteiger partial charge >= 0.3 is 0 Å². The van der Waals surface area contributed by atoms with Gasteiger partial charge in [-0.05, 0) is 12.5 Å². The molecule has 1 heterocycles. The van der Waals surface area contributed by atoms with Gasteiger partial charge in [-0.1, -0.05) is 0 Å². The number of nitrogens with zero attached hydrogens (tertiary/aromatic N) is 2. The Morgan fingerprint density at radius 1 is 1.32 bits per heavy atom. The van der Waals surface area contributed by atoms with Gasteiger partial charge in [0, 0.05) is 25.7 Å². The lowest BCUT2D eigenvalue weighted by molar-refractivity contribution is -0.385. The molecule has 0 radical (unpaired) electrons. The van der Waals surface area contributed by atoms with Gasteiger partial charge < -0.3 is 16.2 Å². The van der Waals surface area contributed by atoms with E-state index in [1.165, 1.54) is 12.1 Å². The standard InChI is InChI=1S/C12H18N4O3/c13-10-1-2-11(16(17)18)9(12(10)14)3-4-15-5-7-19-8-6-15/h1-2H,3-8,13-14H2. The van der Waals surface area contributed by atoms with Gasteiger partial charge in [-0.15, -0.1) is 0 Å². The maximum absolute atomic E-state index is 11.0. The summed E-state index contributed by atoms with van der Waals surface area (Å²) in [6, 6.07) is 2.89. The lowest BCUT2D eigenvalue weighted by Gasteiger charge is -2.26. The molecule has 0 unspecified atom stereocenters. The molecule has 7 heteroatoms. The highest BCUT2D eigenvalue weighted by Crippen LogP contribution is 2.29. The van der Waals surface area contributed by atoms with Crippen LogP contribution in [-0.4, -0.2) is 42.7 Å². The minimum atomic E-state index is -0.412. The topological polar surface area (TPSA) is 108 Å². The van der Waals surface area contributed by atoms with Gasteiger partial charge in [0.2, 0.25) is 0 Å². The number of rotatable bonds is 4. The Labute approximate surface area is 111 Å². The smallest absolute Gasteiger partial charge is 0.274 e. The van der Waals surface area contributed by atoms with Crippen LogP contribution in [0.5, 0.6) is 0 Å². The summed E-state index contributed by atoms with van der Waals surface area (Å²) in [5, 5.41) is 11.0. The van der Waals surface area contributed by atoms with E-state index in [4.69, 9.17) is 16.2 Å². The molecule has 0 bridgehead atoms. The molecule has 104 valence electrons. The summed E-state index contributed by atoms with van der Waals surface area (Å²) in [6.07, 6.45) is 0.521. The van der Waals surface area contributed by atoms with Crippen molar-refractivity contribution >= 4 is 17.1 Å². The minimum absolute atomic E-state index is 0.0416.